The average molecular weight is 425 g/mol. The molecule has 4 aromatic rings. The Bertz CT molecular complexity index is 1250. The summed E-state index contributed by atoms with van der Waals surface area (Å²) in [5, 5.41) is 0.987. The number of aliphatic imine (C=N–C) groups is 1. The van der Waals surface area contributed by atoms with Crippen molar-refractivity contribution >= 4 is 28.6 Å². The third-order valence-corrected chi connectivity index (χ3v) is 5.49. The van der Waals surface area contributed by atoms with Crippen molar-refractivity contribution < 1.29 is 9.47 Å². The van der Waals surface area contributed by atoms with E-state index in [0.717, 1.165) is 58.2 Å². The van der Waals surface area contributed by atoms with Gasteiger partial charge in [0, 0.05) is 35.8 Å². The minimum absolute atomic E-state index is 0.692. The van der Waals surface area contributed by atoms with Crippen molar-refractivity contribution in [3.63, 3.8) is 0 Å². The number of benzene rings is 3. The highest BCUT2D eigenvalue weighted by atomic mass is 16.5. The predicted molar refractivity (Wildman–Crippen MR) is 128 cm³/mol. The normalized spacial score (nSPS) is 14.2. The van der Waals surface area contributed by atoms with Crippen LogP contribution in [0.4, 0.5) is 11.5 Å². The monoisotopic (exact) mass is 424 g/mol. The summed E-state index contributed by atoms with van der Waals surface area (Å²) in [6.45, 7) is 2.99. The lowest BCUT2D eigenvalue weighted by atomic mass is 10.1. The maximum Gasteiger partial charge on any atom is 0.162 e. The Morgan fingerprint density at radius 2 is 1.72 bits per heavy atom. The van der Waals surface area contributed by atoms with Crippen LogP contribution in [-0.2, 0) is 4.74 Å². The first-order chi connectivity index (χ1) is 15.8. The summed E-state index contributed by atoms with van der Waals surface area (Å²) in [5.74, 6) is 2.44. The summed E-state index contributed by atoms with van der Waals surface area (Å²) >= 11 is 0. The largest absolute Gasteiger partial charge is 0.496 e. The van der Waals surface area contributed by atoms with Crippen LogP contribution in [-0.4, -0.2) is 49.6 Å². The molecule has 0 radical (unpaired) electrons. The average Bonchev–Trinajstić information content (AvgIpc) is 2.88. The zero-order chi connectivity index (χ0) is 21.8. The molecule has 0 aliphatic carbocycles. The third kappa shape index (κ3) is 4.18. The van der Waals surface area contributed by atoms with Crippen LogP contribution in [0.1, 0.15) is 5.56 Å². The molecule has 0 unspecified atom stereocenters. The number of morpholine rings is 1. The van der Waals surface area contributed by atoms with E-state index in [0.29, 0.717) is 13.2 Å². The van der Waals surface area contributed by atoms with Gasteiger partial charge in [0.15, 0.2) is 5.82 Å². The van der Waals surface area contributed by atoms with Gasteiger partial charge in [0.1, 0.15) is 11.6 Å². The van der Waals surface area contributed by atoms with E-state index < -0.39 is 0 Å². The van der Waals surface area contributed by atoms with Crippen molar-refractivity contribution in [1.29, 1.82) is 0 Å². The number of anilines is 1. The maximum atomic E-state index is 5.56. The number of ether oxygens (including phenoxy) is 2. The van der Waals surface area contributed by atoms with Crippen molar-refractivity contribution in [1.82, 2.24) is 9.97 Å². The number of methoxy groups -OCH3 is 1. The third-order valence-electron chi connectivity index (χ3n) is 5.49. The molecule has 0 atom stereocenters. The Morgan fingerprint density at radius 1 is 0.938 bits per heavy atom. The van der Waals surface area contributed by atoms with Gasteiger partial charge in [-0.05, 0) is 30.3 Å². The summed E-state index contributed by atoms with van der Waals surface area (Å²) in [5.41, 5.74) is 3.67. The van der Waals surface area contributed by atoms with Gasteiger partial charge in [-0.3, -0.25) is 4.99 Å². The molecule has 32 heavy (non-hydrogen) atoms. The Labute approximate surface area is 187 Å². The van der Waals surface area contributed by atoms with E-state index >= 15 is 0 Å². The molecule has 2 heterocycles. The second-order valence-corrected chi connectivity index (χ2v) is 7.54. The first kappa shape index (κ1) is 20.2. The molecule has 1 aliphatic heterocycles. The zero-order valence-corrected chi connectivity index (χ0v) is 17.9. The Balaban J connectivity index is 1.58. The van der Waals surface area contributed by atoms with E-state index in [2.05, 4.69) is 11.0 Å². The molecule has 0 amide bonds. The van der Waals surface area contributed by atoms with Crippen LogP contribution in [0.5, 0.6) is 5.75 Å². The number of hydrogen-bond acceptors (Lipinski definition) is 6. The van der Waals surface area contributed by atoms with E-state index in [4.69, 9.17) is 24.4 Å². The molecule has 6 heteroatoms. The Kier molecular flexibility index (Phi) is 5.77. The number of aromatic nitrogens is 2. The molecule has 1 aromatic heterocycles. The van der Waals surface area contributed by atoms with Gasteiger partial charge in [0.2, 0.25) is 0 Å². The summed E-state index contributed by atoms with van der Waals surface area (Å²) in [6.07, 6.45) is 1.83. The fraction of sp³-hybridized carbons (Fsp3) is 0.192. The Morgan fingerprint density at radius 3 is 2.53 bits per heavy atom. The van der Waals surface area contributed by atoms with Gasteiger partial charge >= 0.3 is 0 Å². The number of rotatable bonds is 5. The van der Waals surface area contributed by atoms with Gasteiger partial charge in [-0.25, -0.2) is 9.97 Å². The molecule has 0 saturated carbocycles. The van der Waals surface area contributed by atoms with Crippen LogP contribution in [0.2, 0.25) is 0 Å². The molecular formula is C26H24N4O2. The van der Waals surface area contributed by atoms with Crippen LogP contribution in [0.3, 0.4) is 0 Å². The molecule has 1 aliphatic rings. The van der Waals surface area contributed by atoms with E-state index in [1.807, 2.05) is 72.9 Å². The van der Waals surface area contributed by atoms with E-state index in [1.54, 1.807) is 7.11 Å². The van der Waals surface area contributed by atoms with Crippen molar-refractivity contribution in [2.45, 2.75) is 0 Å². The second kappa shape index (κ2) is 9.16. The minimum atomic E-state index is 0.692. The van der Waals surface area contributed by atoms with Crippen molar-refractivity contribution in [2.24, 2.45) is 4.99 Å². The lowest BCUT2D eigenvalue weighted by Crippen LogP contribution is -2.37. The van der Waals surface area contributed by atoms with Crippen LogP contribution < -0.4 is 9.64 Å². The quantitative estimate of drug-likeness (QED) is 0.427. The molecule has 0 N–H and O–H groups in total. The lowest BCUT2D eigenvalue weighted by molar-refractivity contribution is 0.122. The topological polar surface area (TPSA) is 59.8 Å². The number of fused-ring (bicyclic) bond motifs is 1. The molecule has 0 bridgehead atoms. The van der Waals surface area contributed by atoms with Gasteiger partial charge in [-0.15, -0.1) is 0 Å². The SMILES string of the molecule is COc1ccccc1C=Nc1ccc2nc(-c3ccccc3)nc(N3CCOCC3)c2c1. The molecule has 1 saturated heterocycles. The standard InChI is InChI=1S/C26H24N4O2/c1-31-24-10-6-5-9-20(24)18-27-21-11-12-23-22(17-21)26(30-13-15-32-16-14-30)29-25(28-23)19-7-3-2-4-8-19/h2-12,17-18H,13-16H2,1H3. The predicted octanol–water partition coefficient (Wildman–Crippen LogP) is 4.89. The van der Waals surface area contributed by atoms with Crippen LogP contribution in [0, 0.1) is 0 Å². The fourth-order valence-electron chi connectivity index (χ4n) is 3.83. The van der Waals surface area contributed by atoms with Crippen molar-refractivity contribution in [2.75, 3.05) is 38.3 Å². The minimum Gasteiger partial charge on any atom is -0.496 e. The fourth-order valence-corrected chi connectivity index (χ4v) is 3.83. The summed E-state index contributed by atoms with van der Waals surface area (Å²) in [7, 11) is 1.67. The van der Waals surface area contributed by atoms with Gasteiger partial charge < -0.3 is 14.4 Å². The Hall–Kier alpha value is -3.77. The highest BCUT2D eigenvalue weighted by Crippen LogP contribution is 2.31. The van der Waals surface area contributed by atoms with E-state index in [9.17, 15) is 0 Å². The van der Waals surface area contributed by atoms with Crippen molar-refractivity contribution in [3.05, 3.63) is 78.4 Å². The molecule has 160 valence electrons. The van der Waals surface area contributed by atoms with Gasteiger partial charge in [0.25, 0.3) is 0 Å². The van der Waals surface area contributed by atoms with E-state index in [-0.39, 0.29) is 0 Å². The van der Waals surface area contributed by atoms with Gasteiger partial charge in [-0.2, -0.15) is 0 Å². The number of nitrogens with zero attached hydrogens (tertiary/aromatic N) is 4. The highest BCUT2D eigenvalue weighted by Gasteiger charge is 2.18. The number of para-hydroxylation sites is 1. The van der Waals surface area contributed by atoms with Crippen LogP contribution >= 0.6 is 0 Å². The zero-order valence-electron chi connectivity index (χ0n) is 17.9. The molecule has 0 spiro atoms. The smallest absolute Gasteiger partial charge is 0.162 e. The lowest BCUT2D eigenvalue weighted by Gasteiger charge is -2.29. The maximum absolute atomic E-state index is 5.56. The number of hydrogen-bond donors (Lipinski definition) is 0. The highest BCUT2D eigenvalue weighted by molar-refractivity contribution is 5.94. The molecular weight excluding hydrogens is 400 g/mol. The summed E-state index contributed by atoms with van der Waals surface area (Å²) < 4.78 is 11.0. The van der Waals surface area contributed by atoms with Gasteiger partial charge in [0.05, 0.1) is 31.5 Å². The molecule has 6 nitrogen and oxygen atoms in total. The summed E-state index contributed by atoms with van der Waals surface area (Å²) in [6, 6.07) is 24.0. The second-order valence-electron chi connectivity index (χ2n) is 7.54. The van der Waals surface area contributed by atoms with Crippen molar-refractivity contribution in [3.8, 4) is 17.1 Å². The molecule has 5 rings (SSSR count). The first-order valence-electron chi connectivity index (χ1n) is 10.7. The van der Waals surface area contributed by atoms with Crippen LogP contribution in [0.25, 0.3) is 22.3 Å². The molecule has 1 fully saturated rings. The summed E-state index contributed by atoms with van der Waals surface area (Å²) in [4.78, 5) is 16.8. The van der Waals surface area contributed by atoms with E-state index in [1.165, 1.54) is 0 Å². The first-order valence-corrected chi connectivity index (χ1v) is 10.7. The molecule has 3 aromatic carbocycles. The van der Waals surface area contributed by atoms with Gasteiger partial charge in [-0.1, -0.05) is 42.5 Å². The van der Waals surface area contributed by atoms with Crippen LogP contribution in [0.15, 0.2) is 77.8 Å².